The Morgan fingerprint density at radius 1 is 0.905 bits per heavy atom. The van der Waals surface area contributed by atoms with Gasteiger partial charge in [0.1, 0.15) is 0 Å². The maximum atomic E-state index is 13.1. The van der Waals surface area contributed by atoms with Crippen molar-refractivity contribution in [3.8, 4) is 0 Å². The molecule has 0 radical (unpaired) electrons. The van der Waals surface area contributed by atoms with Gasteiger partial charge in [-0.2, -0.15) is 4.31 Å². The molecule has 2 heterocycles. The predicted molar refractivity (Wildman–Crippen MR) is 162 cm³/mol. The van der Waals surface area contributed by atoms with Gasteiger partial charge in [-0.25, -0.2) is 18.3 Å². The number of anilines is 4. The van der Waals surface area contributed by atoms with Crippen molar-refractivity contribution >= 4 is 38.9 Å². The number of hydrogen-bond donors (Lipinski definition) is 2. The van der Waals surface area contributed by atoms with Crippen LogP contribution >= 0.6 is 0 Å². The fraction of sp³-hybridized carbons (Fsp3) is 0.581. The predicted octanol–water partition coefficient (Wildman–Crippen LogP) is 3.70. The lowest BCUT2D eigenvalue weighted by molar-refractivity contribution is -0.137. The second-order valence-corrected chi connectivity index (χ2v) is 15.0. The fourth-order valence-electron chi connectivity index (χ4n) is 8.43. The minimum Gasteiger partial charge on any atom is -0.390 e. The molecule has 5 fully saturated rings. The first-order valence-corrected chi connectivity index (χ1v) is 17.0. The number of hydrogen-bond acceptors (Lipinski definition) is 8. The third kappa shape index (κ3) is 5.09. The number of sulfonamides is 1. The highest BCUT2D eigenvalue weighted by molar-refractivity contribution is 7.89. The lowest BCUT2D eigenvalue weighted by Gasteiger charge is -2.57. The van der Waals surface area contributed by atoms with Crippen molar-refractivity contribution in [2.24, 2.45) is 17.8 Å². The third-order valence-corrected chi connectivity index (χ3v) is 12.1. The molecule has 4 saturated carbocycles. The molecular formula is C31H41N5O5S. The van der Waals surface area contributed by atoms with Gasteiger partial charge >= 0.3 is 6.09 Å². The zero-order valence-corrected chi connectivity index (χ0v) is 25.0. The Morgan fingerprint density at radius 3 is 2.19 bits per heavy atom. The smallest absolute Gasteiger partial charge is 0.390 e. The minimum atomic E-state index is -3.15. The molecule has 226 valence electrons. The molecule has 2 aliphatic heterocycles. The summed E-state index contributed by atoms with van der Waals surface area (Å²) in [4.78, 5) is 23.5. The van der Waals surface area contributed by atoms with Crippen molar-refractivity contribution in [3.63, 3.8) is 0 Å². The number of fused-ring (bicyclic) bond motifs is 1. The summed E-state index contributed by atoms with van der Waals surface area (Å²) in [6.07, 6.45) is 4.23. The summed E-state index contributed by atoms with van der Waals surface area (Å²) < 4.78 is 26.0. The zero-order chi connectivity index (χ0) is 29.1. The maximum absolute atomic E-state index is 13.1. The lowest BCUT2D eigenvalue weighted by Crippen LogP contribution is -2.62. The molecule has 2 aromatic rings. The number of rotatable bonds is 6. The Kier molecular flexibility index (Phi) is 7.02. The minimum absolute atomic E-state index is 0.0726. The average Bonchev–Trinajstić information content (AvgIpc) is 2.98. The second kappa shape index (κ2) is 10.6. The van der Waals surface area contributed by atoms with Gasteiger partial charge in [-0.1, -0.05) is 12.1 Å². The number of nitrogens with zero attached hydrogens (tertiary/aromatic N) is 4. The second-order valence-electron chi connectivity index (χ2n) is 12.8. The summed E-state index contributed by atoms with van der Waals surface area (Å²) in [6.45, 7) is 5.22. The van der Waals surface area contributed by atoms with Crippen molar-refractivity contribution in [2.75, 3.05) is 59.9 Å². The van der Waals surface area contributed by atoms with E-state index in [2.05, 4.69) is 39.4 Å². The Labute approximate surface area is 248 Å². The molecule has 5 atom stereocenters. The molecule has 8 rings (SSSR count). The molecular weight excluding hydrogens is 554 g/mol. The molecule has 10 nitrogen and oxygen atoms in total. The SMILES string of the molecule is CCS(=O)(=O)N1CCN(c2ccc(N3CCN(OC(=O)NC4[C@@H]5CC6C[C@H]4CC(O)(C6)C5)c4ccccc43)cc2)CC1. The Morgan fingerprint density at radius 2 is 1.55 bits per heavy atom. The van der Waals surface area contributed by atoms with E-state index in [1.165, 1.54) is 0 Å². The summed E-state index contributed by atoms with van der Waals surface area (Å²) in [7, 11) is -3.15. The molecule has 1 saturated heterocycles. The number of amides is 1. The van der Waals surface area contributed by atoms with E-state index >= 15 is 0 Å². The molecule has 2 aromatic carbocycles. The summed E-state index contributed by atoms with van der Waals surface area (Å²) in [5.41, 5.74) is 3.42. The van der Waals surface area contributed by atoms with Gasteiger partial charge in [0.25, 0.3) is 0 Å². The van der Waals surface area contributed by atoms with Crippen molar-refractivity contribution in [3.05, 3.63) is 48.5 Å². The highest BCUT2D eigenvalue weighted by Crippen LogP contribution is 2.55. The Hall–Kier alpha value is -3.02. The number of carbonyl (C=O) groups is 1. The Bertz CT molecular complexity index is 1410. The molecule has 4 aliphatic carbocycles. The van der Waals surface area contributed by atoms with E-state index in [0.29, 0.717) is 57.0 Å². The van der Waals surface area contributed by atoms with Crippen LogP contribution in [0.2, 0.25) is 0 Å². The van der Waals surface area contributed by atoms with Crippen LogP contribution in [0.25, 0.3) is 0 Å². The standard InChI is InChI=1S/C31H41N5O5S/c1-2-42(39,40)34-13-11-33(12-14-34)25-7-9-26(10-8-25)35-15-16-36(28-6-4-3-5-27(28)35)41-30(37)32-29-23-17-22-18-24(29)21-31(38,19-22)20-23/h3-10,22-24,29,38H,2,11-21H2,1H3,(H,32,37)/t22?,23-,24+,29?,31?. The van der Waals surface area contributed by atoms with Crippen LogP contribution in [0.1, 0.15) is 39.0 Å². The number of para-hydroxylation sites is 2. The highest BCUT2D eigenvalue weighted by atomic mass is 32.2. The largest absolute Gasteiger partial charge is 0.431 e. The molecule has 3 unspecified atom stereocenters. The molecule has 11 heteroatoms. The van der Waals surface area contributed by atoms with E-state index in [1.807, 2.05) is 24.3 Å². The fourth-order valence-corrected chi connectivity index (χ4v) is 9.51. The van der Waals surface area contributed by atoms with E-state index in [1.54, 1.807) is 16.3 Å². The molecule has 0 aromatic heterocycles. The summed E-state index contributed by atoms with van der Waals surface area (Å²) >= 11 is 0. The monoisotopic (exact) mass is 595 g/mol. The van der Waals surface area contributed by atoms with E-state index in [-0.39, 0.29) is 11.8 Å². The van der Waals surface area contributed by atoms with Crippen molar-refractivity contribution in [1.82, 2.24) is 9.62 Å². The first kappa shape index (κ1) is 27.8. The average molecular weight is 596 g/mol. The normalized spacial score (nSPS) is 30.8. The number of piperazine rings is 1. The van der Waals surface area contributed by atoms with Crippen molar-refractivity contribution in [1.29, 1.82) is 0 Å². The van der Waals surface area contributed by atoms with Gasteiger partial charge in [0, 0.05) is 50.1 Å². The molecule has 42 heavy (non-hydrogen) atoms. The van der Waals surface area contributed by atoms with Gasteiger partial charge in [-0.3, -0.25) is 0 Å². The summed E-state index contributed by atoms with van der Waals surface area (Å²) in [5, 5.41) is 15.8. The quantitative estimate of drug-likeness (QED) is 0.521. The van der Waals surface area contributed by atoms with Crippen LogP contribution in [0.15, 0.2) is 48.5 Å². The van der Waals surface area contributed by atoms with E-state index in [0.717, 1.165) is 54.9 Å². The number of aliphatic hydroxyl groups is 1. The molecule has 4 bridgehead atoms. The van der Waals surface area contributed by atoms with Gasteiger partial charge < -0.3 is 25.1 Å². The first-order chi connectivity index (χ1) is 20.2. The van der Waals surface area contributed by atoms with Crippen molar-refractivity contribution in [2.45, 2.75) is 50.7 Å². The van der Waals surface area contributed by atoms with E-state index in [4.69, 9.17) is 4.84 Å². The van der Waals surface area contributed by atoms with Crippen LogP contribution in [-0.4, -0.2) is 80.6 Å². The van der Waals surface area contributed by atoms with Gasteiger partial charge in [0.15, 0.2) is 0 Å². The maximum Gasteiger partial charge on any atom is 0.431 e. The Balaban J connectivity index is 1.00. The van der Waals surface area contributed by atoms with Crippen LogP contribution in [0.5, 0.6) is 0 Å². The van der Waals surface area contributed by atoms with Gasteiger partial charge in [0.05, 0.1) is 29.3 Å². The van der Waals surface area contributed by atoms with Gasteiger partial charge in [-0.05, 0) is 93.2 Å². The summed E-state index contributed by atoms with van der Waals surface area (Å²) in [5.74, 6) is 1.38. The molecule has 6 aliphatic rings. The van der Waals surface area contributed by atoms with E-state index < -0.39 is 21.7 Å². The van der Waals surface area contributed by atoms with Crippen LogP contribution in [-0.2, 0) is 14.9 Å². The zero-order valence-electron chi connectivity index (χ0n) is 24.2. The third-order valence-electron chi connectivity index (χ3n) is 10.2. The molecule has 0 spiro atoms. The van der Waals surface area contributed by atoms with Gasteiger partial charge in [0.2, 0.25) is 10.0 Å². The van der Waals surface area contributed by atoms with Crippen LogP contribution in [0.4, 0.5) is 27.5 Å². The number of nitrogens with one attached hydrogen (secondary N) is 1. The van der Waals surface area contributed by atoms with Crippen LogP contribution in [0, 0.1) is 17.8 Å². The first-order valence-electron chi connectivity index (χ1n) is 15.4. The number of carbonyl (C=O) groups excluding carboxylic acids is 1. The topological polar surface area (TPSA) is 106 Å². The lowest BCUT2D eigenvalue weighted by atomic mass is 9.52. The molecule has 1 amide bonds. The van der Waals surface area contributed by atoms with E-state index in [9.17, 15) is 18.3 Å². The van der Waals surface area contributed by atoms with Crippen LogP contribution < -0.4 is 20.2 Å². The summed E-state index contributed by atoms with van der Waals surface area (Å²) in [6, 6.07) is 16.4. The molecule has 2 N–H and O–H groups in total. The van der Waals surface area contributed by atoms with Crippen molar-refractivity contribution < 1.29 is 23.2 Å². The van der Waals surface area contributed by atoms with Gasteiger partial charge in [-0.15, -0.1) is 0 Å². The number of benzene rings is 2. The number of hydroxylamine groups is 1. The van der Waals surface area contributed by atoms with Crippen LogP contribution in [0.3, 0.4) is 0 Å². The highest BCUT2D eigenvalue weighted by Gasteiger charge is 2.55.